The van der Waals surface area contributed by atoms with Gasteiger partial charge in [0, 0.05) is 17.1 Å². The third-order valence-electron chi connectivity index (χ3n) is 7.33. The third-order valence-corrected chi connectivity index (χ3v) is 12.8. The van der Waals surface area contributed by atoms with Crippen molar-refractivity contribution < 1.29 is 62.3 Å². The molecule has 13 heteroatoms. The Balaban J connectivity index is 0.000000406. The van der Waals surface area contributed by atoms with E-state index in [1.807, 2.05) is 0 Å². The topological polar surface area (TPSA) is 73.9 Å². The zero-order valence-electron chi connectivity index (χ0n) is 29.3. The maximum absolute atomic E-state index is 11.3. The predicted molar refractivity (Wildman–Crippen MR) is 208 cm³/mol. The second-order valence-corrected chi connectivity index (χ2v) is 15.9. The van der Waals surface area contributed by atoms with Crippen LogP contribution in [0.2, 0.25) is 0 Å². The van der Waals surface area contributed by atoms with Gasteiger partial charge in [-0.05, 0) is 72.8 Å². The Kier molecular flexibility index (Phi) is 22.8. The van der Waals surface area contributed by atoms with Crippen LogP contribution in [0.15, 0.2) is 182 Å². The fraction of sp³-hybridized carbons (Fsp3) is 0.0698. The van der Waals surface area contributed by atoms with E-state index in [0.717, 1.165) is 0 Å². The van der Waals surface area contributed by atoms with E-state index in [2.05, 4.69) is 195 Å². The largest absolute Gasteiger partial charge is 0.102 e. The molecule has 6 rings (SSSR count). The van der Waals surface area contributed by atoms with E-state index in [-0.39, 0.29) is 17.1 Å². The summed E-state index contributed by atoms with van der Waals surface area (Å²) in [5.41, 5.74) is 0. The number of benzene rings is 6. The Morgan fingerprint density at radius 3 is 0.643 bits per heavy atom. The first kappa shape index (κ1) is 49.1. The molecule has 1 radical (unpaired) electrons. The average molecular weight is 846 g/mol. The molecule has 0 spiro atoms. The van der Waals surface area contributed by atoms with Gasteiger partial charge in [-0.3, -0.25) is 9.59 Å². The van der Waals surface area contributed by atoms with Gasteiger partial charge >= 0.3 is 35.0 Å². The first-order valence-electron chi connectivity index (χ1n) is 16.1. The third kappa shape index (κ3) is 16.4. The molecule has 0 aliphatic carbocycles. The molecule has 0 unspecified atom stereocenters. The van der Waals surface area contributed by atoms with Gasteiger partial charge in [-0.15, -0.1) is 0 Å². The Hall–Kier alpha value is -4.90. The van der Waals surface area contributed by atoms with Crippen molar-refractivity contribution in [2.75, 3.05) is 0 Å². The van der Waals surface area contributed by atoms with E-state index >= 15 is 0 Å². The molecule has 0 atom stereocenters. The molecular weight excluding hydrogens is 811 g/mol. The molecule has 56 heavy (non-hydrogen) atoms. The minimum absolute atomic E-state index is 0. The summed E-state index contributed by atoms with van der Waals surface area (Å²) in [7, 11) is -1.75. The maximum atomic E-state index is 11.3. The molecular formula is C43H34F6MnO4P2+2. The first-order chi connectivity index (χ1) is 26.4. The van der Waals surface area contributed by atoms with Crippen LogP contribution in [0.4, 0.5) is 26.3 Å². The standard InChI is InChI=1S/2C18H15P.C5H2F6O2.2CO.Mn/c2*1-4-10-16(11-5-1)19(17-12-6-2-7-13-17)18-14-8-3-9-15-18;6-4(7,8)2(12)1-3(13)5(9,10)11;2*1-2;/h2*1-15H;1H2;;;/p+2. The summed E-state index contributed by atoms with van der Waals surface area (Å²) in [6, 6.07) is 65.0. The summed E-state index contributed by atoms with van der Waals surface area (Å²) >= 11 is 0. The second kappa shape index (κ2) is 26.0. The fourth-order valence-electron chi connectivity index (χ4n) is 4.98. The summed E-state index contributed by atoms with van der Waals surface area (Å²) < 4.78 is 83.0. The van der Waals surface area contributed by atoms with Crippen LogP contribution in [0.1, 0.15) is 6.42 Å². The van der Waals surface area contributed by atoms with Gasteiger partial charge in [-0.1, -0.05) is 109 Å². The Labute approximate surface area is 334 Å². The molecule has 0 N–H and O–H groups in total. The fourth-order valence-corrected chi connectivity index (χ4v) is 10.1. The molecule has 0 aliphatic rings. The van der Waals surface area contributed by atoms with E-state index in [1.54, 1.807) is 0 Å². The van der Waals surface area contributed by atoms with E-state index in [0.29, 0.717) is 0 Å². The van der Waals surface area contributed by atoms with Crippen molar-refractivity contribution in [1.29, 1.82) is 0 Å². The van der Waals surface area contributed by atoms with Gasteiger partial charge in [-0.2, -0.15) is 26.3 Å². The number of halogens is 6. The Morgan fingerprint density at radius 2 is 0.518 bits per heavy atom. The molecule has 6 aromatic carbocycles. The van der Waals surface area contributed by atoms with Crippen LogP contribution in [-0.4, -0.2) is 23.9 Å². The number of carbonyl (C=O) groups excluding carboxylic acids is 2. The summed E-state index contributed by atoms with van der Waals surface area (Å²) in [6.45, 7) is 9.00. The van der Waals surface area contributed by atoms with Gasteiger partial charge in [-0.25, -0.2) is 0 Å². The van der Waals surface area contributed by atoms with Crippen molar-refractivity contribution in [2.24, 2.45) is 0 Å². The van der Waals surface area contributed by atoms with E-state index in [9.17, 15) is 35.9 Å². The summed E-state index contributed by atoms with van der Waals surface area (Å²) in [5.74, 6) is -5.40. The van der Waals surface area contributed by atoms with Crippen molar-refractivity contribution in [2.45, 2.75) is 18.8 Å². The average Bonchev–Trinajstić information content (AvgIpc) is 3.22. The van der Waals surface area contributed by atoms with Crippen LogP contribution in [0, 0.1) is 13.3 Å². The second-order valence-electron chi connectivity index (χ2n) is 11.0. The SMILES string of the molecule is O=C(CC(=O)C(F)(F)F)C(F)(F)F.[C-]#[O+].[C-]#[O+].[Mn].c1ccc([PH+](c2ccccc2)c2ccccc2)cc1.c1ccc([PH+](c2ccccc2)c2ccccc2)cc1. The van der Waals surface area contributed by atoms with Crippen LogP contribution in [0.25, 0.3) is 0 Å². The van der Waals surface area contributed by atoms with Crippen molar-refractivity contribution in [3.63, 3.8) is 0 Å². The molecule has 0 bridgehead atoms. The predicted octanol–water partition coefficient (Wildman–Crippen LogP) is 7.92. The van der Waals surface area contributed by atoms with Crippen LogP contribution in [-0.2, 0) is 36.0 Å². The summed E-state index contributed by atoms with van der Waals surface area (Å²) in [6.07, 6.45) is -13.0. The molecule has 0 saturated carbocycles. The molecule has 0 saturated heterocycles. The molecule has 0 aliphatic heterocycles. The van der Waals surface area contributed by atoms with Crippen molar-refractivity contribution in [3.8, 4) is 0 Å². The van der Waals surface area contributed by atoms with Crippen LogP contribution >= 0.6 is 15.8 Å². The molecule has 4 nitrogen and oxygen atoms in total. The van der Waals surface area contributed by atoms with Gasteiger partial charge in [0.25, 0.3) is 0 Å². The number of Topliss-reactive ketones (excluding diaryl/α,β-unsaturated/α-hetero) is 2. The van der Waals surface area contributed by atoms with Gasteiger partial charge in [0.15, 0.2) is 0 Å². The minimum atomic E-state index is -5.40. The van der Waals surface area contributed by atoms with Crippen LogP contribution in [0.5, 0.6) is 0 Å². The normalized spacial score (nSPS) is 10.2. The Morgan fingerprint density at radius 1 is 0.375 bits per heavy atom. The maximum Gasteiger partial charge on any atom is 0.102 e. The molecule has 287 valence electrons. The molecule has 0 amide bonds. The summed E-state index contributed by atoms with van der Waals surface area (Å²) in [4.78, 5) is 19.8. The Bertz CT molecular complexity index is 1680. The van der Waals surface area contributed by atoms with E-state index in [4.69, 9.17) is 9.30 Å². The molecule has 0 fully saturated rings. The molecule has 0 heterocycles. The molecule has 6 aromatic rings. The number of alkyl halides is 6. The molecule has 0 aromatic heterocycles. The van der Waals surface area contributed by atoms with Crippen molar-refractivity contribution in [3.05, 3.63) is 195 Å². The monoisotopic (exact) mass is 845 g/mol. The van der Waals surface area contributed by atoms with E-state index < -0.39 is 46.2 Å². The van der Waals surface area contributed by atoms with E-state index in [1.165, 1.54) is 31.8 Å². The smallest absolute Gasteiger partial charge is 0.0620 e. The van der Waals surface area contributed by atoms with Gasteiger partial charge in [0.2, 0.25) is 11.6 Å². The number of carbonyl (C=O) groups is 2. The zero-order chi connectivity index (χ0) is 40.7. The van der Waals surface area contributed by atoms with Crippen molar-refractivity contribution in [1.82, 2.24) is 0 Å². The van der Waals surface area contributed by atoms with Crippen LogP contribution in [0.3, 0.4) is 0 Å². The van der Waals surface area contributed by atoms with Gasteiger partial charge in [0.05, 0.1) is 22.3 Å². The number of hydrogen-bond donors (Lipinski definition) is 0. The minimum Gasteiger partial charge on any atom is -0.0620 e. The number of hydrogen-bond acceptors (Lipinski definition) is 2. The summed E-state index contributed by atoms with van der Waals surface area (Å²) in [5, 5.41) is 8.61. The van der Waals surface area contributed by atoms with Crippen molar-refractivity contribution >= 4 is 59.2 Å². The van der Waals surface area contributed by atoms with Crippen LogP contribution < -0.4 is 31.8 Å². The number of ketones is 2. The first-order valence-corrected chi connectivity index (χ1v) is 19.1. The zero-order valence-corrected chi connectivity index (χ0v) is 32.5. The quantitative estimate of drug-likeness (QED) is 0.0391. The number of rotatable bonds is 8. The van der Waals surface area contributed by atoms with Gasteiger partial charge < -0.3 is 0 Å². The van der Waals surface area contributed by atoms with Gasteiger partial charge in [0.1, 0.15) is 31.8 Å².